The van der Waals surface area contributed by atoms with Crippen LogP contribution in [0.3, 0.4) is 0 Å². The van der Waals surface area contributed by atoms with E-state index in [1.165, 1.54) is 35.1 Å². The molecule has 2 heteroatoms. The van der Waals surface area contributed by atoms with E-state index in [1.807, 2.05) is 0 Å². The SMILES string of the molecule is Cc1cc(C)c(C(C)NC(C)C2CCOCC2)c(C)c1. The Hall–Kier alpha value is -0.860. The molecule has 20 heavy (non-hydrogen) atoms. The van der Waals surface area contributed by atoms with Crippen molar-refractivity contribution in [2.24, 2.45) is 5.92 Å². The van der Waals surface area contributed by atoms with E-state index in [0.717, 1.165) is 19.1 Å². The standard InChI is InChI=1S/C18H29NO/c1-12-10-13(2)18(14(3)11-12)16(5)19-15(4)17-6-8-20-9-7-17/h10-11,15-17,19H,6-9H2,1-5H3. The van der Waals surface area contributed by atoms with Gasteiger partial charge in [-0.25, -0.2) is 0 Å². The zero-order chi connectivity index (χ0) is 14.7. The van der Waals surface area contributed by atoms with Crippen molar-refractivity contribution >= 4 is 0 Å². The van der Waals surface area contributed by atoms with Crippen LogP contribution in [0.15, 0.2) is 12.1 Å². The highest BCUT2D eigenvalue weighted by atomic mass is 16.5. The van der Waals surface area contributed by atoms with Crippen LogP contribution in [0.1, 0.15) is 55.0 Å². The fourth-order valence-corrected chi connectivity index (χ4v) is 3.70. The molecule has 1 fully saturated rings. The second-order valence-corrected chi connectivity index (χ2v) is 6.44. The number of ether oxygens (including phenoxy) is 1. The van der Waals surface area contributed by atoms with E-state index in [4.69, 9.17) is 4.74 Å². The first kappa shape index (κ1) is 15.5. The summed E-state index contributed by atoms with van der Waals surface area (Å²) < 4.78 is 5.46. The summed E-state index contributed by atoms with van der Waals surface area (Å²) in [6, 6.07) is 5.54. The molecule has 0 saturated carbocycles. The molecule has 0 amide bonds. The Balaban J connectivity index is 2.06. The summed E-state index contributed by atoms with van der Waals surface area (Å²) in [7, 11) is 0. The third kappa shape index (κ3) is 3.62. The predicted octanol–water partition coefficient (Wildman–Crippen LogP) is 4.08. The van der Waals surface area contributed by atoms with Crippen molar-refractivity contribution < 1.29 is 4.74 Å². The molecular weight excluding hydrogens is 246 g/mol. The monoisotopic (exact) mass is 275 g/mol. The molecule has 0 aliphatic carbocycles. The average molecular weight is 275 g/mol. The Labute approximate surface area is 123 Å². The van der Waals surface area contributed by atoms with Gasteiger partial charge in [0.15, 0.2) is 0 Å². The molecule has 0 aromatic heterocycles. The molecule has 0 bridgehead atoms. The van der Waals surface area contributed by atoms with E-state index >= 15 is 0 Å². The number of rotatable bonds is 4. The van der Waals surface area contributed by atoms with E-state index in [-0.39, 0.29) is 0 Å². The van der Waals surface area contributed by atoms with Gasteiger partial charge in [-0.3, -0.25) is 0 Å². The summed E-state index contributed by atoms with van der Waals surface area (Å²) in [6.45, 7) is 13.1. The highest BCUT2D eigenvalue weighted by molar-refractivity contribution is 5.39. The summed E-state index contributed by atoms with van der Waals surface area (Å²) >= 11 is 0. The number of hydrogen-bond donors (Lipinski definition) is 1. The van der Waals surface area contributed by atoms with Crippen molar-refractivity contribution in [1.82, 2.24) is 5.32 Å². The highest BCUT2D eigenvalue weighted by Crippen LogP contribution is 2.26. The van der Waals surface area contributed by atoms with E-state index < -0.39 is 0 Å². The number of hydrogen-bond acceptors (Lipinski definition) is 2. The van der Waals surface area contributed by atoms with Crippen LogP contribution in [0.25, 0.3) is 0 Å². The van der Waals surface area contributed by atoms with Gasteiger partial charge in [0.25, 0.3) is 0 Å². The van der Waals surface area contributed by atoms with E-state index in [0.29, 0.717) is 12.1 Å². The van der Waals surface area contributed by atoms with Crippen LogP contribution in [0.2, 0.25) is 0 Å². The second-order valence-electron chi connectivity index (χ2n) is 6.44. The van der Waals surface area contributed by atoms with Crippen molar-refractivity contribution in [2.75, 3.05) is 13.2 Å². The molecule has 1 aliphatic rings. The second kappa shape index (κ2) is 6.73. The van der Waals surface area contributed by atoms with Gasteiger partial charge in [0.05, 0.1) is 0 Å². The van der Waals surface area contributed by atoms with E-state index in [1.54, 1.807) is 0 Å². The van der Waals surface area contributed by atoms with Gasteiger partial charge in [-0.05, 0) is 70.1 Å². The zero-order valence-electron chi connectivity index (χ0n) is 13.6. The molecule has 2 atom stereocenters. The Morgan fingerprint density at radius 2 is 1.60 bits per heavy atom. The van der Waals surface area contributed by atoms with Crippen molar-refractivity contribution in [3.63, 3.8) is 0 Å². The van der Waals surface area contributed by atoms with Crippen molar-refractivity contribution in [1.29, 1.82) is 0 Å². The molecule has 2 nitrogen and oxygen atoms in total. The molecule has 2 rings (SSSR count). The number of aryl methyl sites for hydroxylation is 3. The first-order valence-corrected chi connectivity index (χ1v) is 7.90. The van der Waals surface area contributed by atoms with Crippen LogP contribution in [-0.4, -0.2) is 19.3 Å². The summed E-state index contributed by atoms with van der Waals surface area (Å²) in [5.41, 5.74) is 5.63. The van der Waals surface area contributed by atoms with Gasteiger partial charge in [-0.2, -0.15) is 0 Å². The maximum Gasteiger partial charge on any atom is 0.0469 e. The van der Waals surface area contributed by atoms with Gasteiger partial charge in [0, 0.05) is 25.3 Å². The van der Waals surface area contributed by atoms with Crippen molar-refractivity contribution in [3.8, 4) is 0 Å². The Morgan fingerprint density at radius 1 is 1.05 bits per heavy atom. The van der Waals surface area contributed by atoms with Gasteiger partial charge >= 0.3 is 0 Å². The number of benzene rings is 1. The molecule has 1 aromatic rings. The molecule has 1 heterocycles. The highest BCUT2D eigenvalue weighted by Gasteiger charge is 2.22. The minimum Gasteiger partial charge on any atom is -0.381 e. The van der Waals surface area contributed by atoms with E-state index in [2.05, 4.69) is 52.1 Å². The van der Waals surface area contributed by atoms with Crippen LogP contribution < -0.4 is 5.32 Å². The lowest BCUT2D eigenvalue weighted by atomic mass is 9.90. The normalized spacial score (nSPS) is 19.9. The average Bonchev–Trinajstić information content (AvgIpc) is 2.38. The van der Waals surface area contributed by atoms with Gasteiger partial charge in [0.2, 0.25) is 0 Å². The molecule has 0 radical (unpaired) electrons. The Morgan fingerprint density at radius 3 is 2.15 bits per heavy atom. The lowest BCUT2D eigenvalue weighted by molar-refractivity contribution is 0.0546. The molecule has 1 saturated heterocycles. The topological polar surface area (TPSA) is 21.3 Å². The molecule has 1 aliphatic heterocycles. The molecule has 0 spiro atoms. The molecule has 112 valence electrons. The van der Waals surface area contributed by atoms with Crippen molar-refractivity contribution in [2.45, 2.75) is 59.5 Å². The summed E-state index contributed by atoms with van der Waals surface area (Å²) in [6.07, 6.45) is 2.37. The third-order valence-electron chi connectivity index (χ3n) is 4.66. The number of nitrogens with one attached hydrogen (secondary N) is 1. The lowest BCUT2D eigenvalue weighted by Gasteiger charge is -2.31. The zero-order valence-corrected chi connectivity index (χ0v) is 13.6. The predicted molar refractivity (Wildman–Crippen MR) is 85.2 cm³/mol. The quantitative estimate of drug-likeness (QED) is 0.894. The molecule has 1 aromatic carbocycles. The minimum absolute atomic E-state index is 0.411. The Kier molecular flexibility index (Phi) is 5.22. The first-order valence-electron chi connectivity index (χ1n) is 7.90. The van der Waals surface area contributed by atoms with E-state index in [9.17, 15) is 0 Å². The molecular formula is C18H29NO. The summed E-state index contributed by atoms with van der Waals surface area (Å²) in [5, 5.41) is 3.81. The third-order valence-corrected chi connectivity index (χ3v) is 4.66. The minimum atomic E-state index is 0.411. The van der Waals surface area contributed by atoms with Crippen LogP contribution >= 0.6 is 0 Å². The van der Waals surface area contributed by atoms with Gasteiger partial charge < -0.3 is 10.1 Å². The Bertz CT molecular complexity index is 426. The first-order chi connectivity index (χ1) is 9.49. The van der Waals surface area contributed by atoms with Crippen LogP contribution in [0, 0.1) is 26.7 Å². The molecule has 2 unspecified atom stereocenters. The largest absolute Gasteiger partial charge is 0.381 e. The van der Waals surface area contributed by atoms with Crippen LogP contribution in [-0.2, 0) is 4.74 Å². The lowest BCUT2D eigenvalue weighted by Crippen LogP contribution is -2.38. The van der Waals surface area contributed by atoms with Crippen LogP contribution in [0.4, 0.5) is 0 Å². The maximum absolute atomic E-state index is 5.46. The summed E-state index contributed by atoms with van der Waals surface area (Å²) in [4.78, 5) is 0. The van der Waals surface area contributed by atoms with Crippen molar-refractivity contribution in [3.05, 3.63) is 34.4 Å². The molecule has 1 N–H and O–H groups in total. The summed E-state index contributed by atoms with van der Waals surface area (Å²) in [5.74, 6) is 0.747. The van der Waals surface area contributed by atoms with Gasteiger partial charge in [-0.15, -0.1) is 0 Å². The smallest absolute Gasteiger partial charge is 0.0469 e. The maximum atomic E-state index is 5.46. The fraction of sp³-hybridized carbons (Fsp3) is 0.667. The fourth-order valence-electron chi connectivity index (χ4n) is 3.70. The van der Waals surface area contributed by atoms with Gasteiger partial charge in [-0.1, -0.05) is 17.7 Å². The van der Waals surface area contributed by atoms with Crippen LogP contribution in [0.5, 0.6) is 0 Å². The van der Waals surface area contributed by atoms with Gasteiger partial charge in [0.1, 0.15) is 0 Å².